The molecule has 0 bridgehead atoms. The molecule has 0 aliphatic rings. The van der Waals surface area contributed by atoms with E-state index in [1.165, 1.54) is 6.07 Å². The van der Waals surface area contributed by atoms with E-state index in [2.05, 4.69) is 22.0 Å². The van der Waals surface area contributed by atoms with Crippen molar-refractivity contribution in [2.24, 2.45) is 0 Å². The van der Waals surface area contributed by atoms with Crippen LogP contribution in [0.1, 0.15) is 6.42 Å². The van der Waals surface area contributed by atoms with Crippen LogP contribution in [-0.2, 0) is 0 Å². The standard InChI is InChI=1S/C15H13BrFN3/c16-12-9-15(14(19)10-13(12)17)20(8-4-7-18)11-5-2-1-3-6-11/h1-3,5-6,9-10H,4,8,19H2. The summed E-state index contributed by atoms with van der Waals surface area (Å²) < 4.78 is 13.8. The van der Waals surface area contributed by atoms with Crippen LogP contribution in [0.4, 0.5) is 21.5 Å². The Labute approximate surface area is 125 Å². The second kappa shape index (κ2) is 6.40. The quantitative estimate of drug-likeness (QED) is 0.852. The fourth-order valence-corrected chi connectivity index (χ4v) is 2.28. The molecule has 0 atom stereocenters. The zero-order chi connectivity index (χ0) is 14.5. The smallest absolute Gasteiger partial charge is 0.139 e. The number of para-hydroxylation sites is 1. The van der Waals surface area contributed by atoms with E-state index in [1.54, 1.807) is 6.07 Å². The molecule has 2 aromatic rings. The largest absolute Gasteiger partial charge is 0.397 e. The first kappa shape index (κ1) is 14.4. The molecular formula is C15H13BrFN3. The maximum absolute atomic E-state index is 13.5. The van der Waals surface area contributed by atoms with Crippen molar-refractivity contribution in [3.05, 3.63) is 52.8 Å². The van der Waals surface area contributed by atoms with Crippen molar-refractivity contribution in [2.45, 2.75) is 6.42 Å². The van der Waals surface area contributed by atoms with Crippen LogP contribution in [0.2, 0.25) is 0 Å². The lowest BCUT2D eigenvalue weighted by Crippen LogP contribution is -2.19. The summed E-state index contributed by atoms with van der Waals surface area (Å²) >= 11 is 3.17. The molecule has 0 radical (unpaired) electrons. The summed E-state index contributed by atoms with van der Waals surface area (Å²) in [5, 5.41) is 8.80. The number of halogens is 2. The average molecular weight is 334 g/mol. The molecule has 0 aromatic heterocycles. The molecule has 0 fully saturated rings. The van der Waals surface area contributed by atoms with Crippen molar-refractivity contribution in [3.8, 4) is 6.07 Å². The molecular weight excluding hydrogens is 321 g/mol. The molecule has 2 rings (SSSR count). The van der Waals surface area contributed by atoms with Gasteiger partial charge in [0.2, 0.25) is 0 Å². The monoisotopic (exact) mass is 333 g/mol. The van der Waals surface area contributed by atoms with Gasteiger partial charge >= 0.3 is 0 Å². The van der Waals surface area contributed by atoms with E-state index >= 15 is 0 Å². The lowest BCUT2D eigenvalue weighted by Gasteiger charge is -2.25. The first-order valence-corrected chi connectivity index (χ1v) is 6.87. The van der Waals surface area contributed by atoms with E-state index in [9.17, 15) is 4.39 Å². The molecule has 0 spiro atoms. The molecule has 0 unspecified atom stereocenters. The molecule has 0 aliphatic heterocycles. The van der Waals surface area contributed by atoms with E-state index in [0.717, 1.165) is 5.69 Å². The van der Waals surface area contributed by atoms with Crippen LogP contribution < -0.4 is 10.6 Å². The number of anilines is 3. The zero-order valence-corrected chi connectivity index (χ0v) is 12.3. The molecule has 0 aliphatic carbocycles. The molecule has 2 N–H and O–H groups in total. The Hall–Kier alpha value is -2.06. The van der Waals surface area contributed by atoms with Gasteiger partial charge < -0.3 is 10.6 Å². The van der Waals surface area contributed by atoms with Gasteiger partial charge in [-0.25, -0.2) is 4.39 Å². The summed E-state index contributed by atoms with van der Waals surface area (Å²) in [6, 6.07) is 14.6. The molecule has 0 saturated carbocycles. The number of nitrogens with two attached hydrogens (primary N) is 1. The Morgan fingerprint density at radius 3 is 2.60 bits per heavy atom. The number of benzene rings is 2. The second-order valence-electron chi connectivity index (χ2n) is 4.22. The fraction of sp³-hybridized carbons (Fsp3) is 0.133. The van der Waals surface area contributed by atoms with Gasteiger partial charge in [0, 0.05) is 18.3 Å². The molecule has 20 heavy (non-hydrogen) atoms. The SMILES string of the molecule is N#CCCN(c1ccccc1)c1cc(Br)c(F)cc1N. The summed E-state index contributed by atoms with van der Waals surface area (Å²) in [4.78, 5) is 1.91. The average Bonchev–Trinajstić information content (AvgIpc) is 2.45. The first-order valence-electron chi connectivity index (χ1n) is 6.07. The van der Waals surface area contributed by atoms with E-state index in [-0.39, 0.29) is 0 Å². The first-order chi connectivity index (χ1) is 9.63. The molecule has 2 aromatic carbocycles. The van der Waals surface area contributed by atoms with Gasteiger partial charge in [-0.15, -0.1) is 0 Å². The summed E-state index contributed by atoms with van der Waals surface area (Å²) in [5.41, 5.74) is 7.85. The van der Waals surface area contributed by atoms with Gasteiger partial charge in [-0.05, 0) is 34.1 Å². The van der Waals surface area contributed by atoms with Gasteiger partial charge in [0.15, 0.2) is 0 Å². The number of nitriles is 1. The van der Waals surface area contributed by atoms with Crippen molar-refractivity contribution in [2.75, 3.05) is 17.2 Å². The third-order valence-corrected chi connectivity index (χ3v) is 3.48. The van der Waals surface area contributed by atoms with Crippen LogP contribution in [0, 0.1) is 17.1 Å². The fourth-order valence-electron chi connectivity index (χ4n) is 1.94. The normalized spacial score (nSPS) is 10.1. The minimum absolute atomic E-state index is 0.340. The minimum Gasteiger partial charge on any atom is -0.397 e. The second-order valence-corrected chi connectivity index (χ2v) is 5.07. The van der Waals surface area contributed by atoms with Crippen LogP contribution >= 0.6 is 15.9 Å². The number of rotatable bonds is 4. The van der Waals surface area contributed by atoms with Crippen LogP contribution in [0.25, 0.3) is 0 Å². The molecule has 0 amide bonds. The van der Waals surface area contributed by atoms with Gasteiger partial charge in [-0.2, -0.15) is 5.26 Å². The summed E-state index contributed by atoms with van der Waals surface area (Å²) in [6.07, 6.45) is 0.351. The van der Waals surface area contributed by atoms with Gasteiger partial charge in [-0.1, -0.05) is 18.2 Å². The third-order valence-electron chi connectivity index (χ3n) is 2.88. The number of nitrogens with zero attached hydrogens (tertiary/aromatic N) is 2. The highest BCUT2D eigenvalue weighted by molar-refractivity contribution is 9.10. The van der Waals surface area contributed by atoms with Crippen molar-refractivity contribution in [1.29, 1.82) is 5.26 Å². The third kappa shape index (κ3) is 3.09. The minimum atomic E-state index is -0.403. The van der Waals surface area contributed by atoms with Gasteiger partial charge in [0.1, 0.15) is 5.82 Å². The Morgan fingerprint density at radius 1 is 1.25 bits per heavy atom. The van der Waals surface area contributed by atoms with Crippen LogP contribution in [0.5, 0.6) is 0 Å². The number of nitrogen functional groups attached to an aromatic ring is 1. The molecule has 102 valence electrons. The van der Waals surface area contributed by atoms with Crippen molar-refractivity contribution >= 4 is 33.0 Å². The van der Waals surface area contributed by atoms with Crippen molar-refractivity contribution < 1.29 is 4.39 Å². The zero-order valence-electron chi connectivity index (χ0n) is 10.7. The summed E-state index contributed by atoms with van der Waals surface area (Å²) in [7, 11) is 0. The predicted octanol–water partition coefficient (Wildman–Crippen LogP) is 4.22. The Bertz CT molecular complexity index is 638. The van der Waals surface area contributed by atoms with Gasteiger partial charge in [-0.3, -0.25) is 0 Å². The Balaban J connectivity index is 2.47. The highest BCUT2D eigenvalue weighted by atomic mass is 79.9. The lowest BCUT2D eigenvalue weighted by atomic mass is 10.2. The molecule has 5 heteroatoms. The Morgan fingerprint density at radius 2 is 1.95 bits per heavy atom. The number of hydrogen-bond donors (Lipinski definition) is 1. The van der Waals surface area contributed by atoms with Crippen LogP contribution in [-0.4, -0.2) is 6.54 Å². The van der Waals surface area contributed by atoms with Gasteiger partial charge in [0.05, 0.1) is 28.3 Å². The number of hydrogen-bond acceptors (Lipinski definition) is 3. The molecule has 3 nitrogen and oxygen atoms in total. The van der Waals surface area contributed by atoms with E-state index in [0.29, 0.717) is 28.8 Å². The highest BCUT2D eigenvalue weighted by Gasteiger charge is 2.14. The highest BCUT2D eigenvalue weighted by Crippen LogP contribution is 2.34. The van der Waals surface area contributed by atoms with Crippen molar-refractivity contribution in [1.82, 2.24) is 0 Å². The van der Waals surface area contributed by atoms with E-state index in [1.807, 2.05) is 35.2 Å². The maximum atomic E-state index is 13.5. The maximum Gasteiger partial charge on any atom is 0.139 e. The Kier molecular flexibility index (Phi) is 4.59. The summed E-state index contributed by atoms with van der Waals surface area (Å²) in [5.74, 6) is -0.403. The summed E-state index contributed by atoms with van der Waals surface area (Å²) in [6.45, 7) is 0.489. The predicted molar refractivity (Wildman–Crippen MR) is 82.2 cm³/mol. The van der Waals surface area contributed by atoms with Crippen molar-refractivity contribution in [3.63, 3.8) is 0 Å². The van der Waals surface area contributed by atoms with Crippen LogP contribution in [0.3, 0.4) is 0 Å². The lowest BCUT2D eigenvalue weighted by molar-refractivity contribution is 0.621. The molecule has 0 heterocycles. The topological polar surface area (TPSA) is 53.0 Å². The molecule has 0 saturated heterocycles. The van der Waals surface area contributed by atoms with Crippen LogP contribution in [0.15, 0.2) is 46.9 Å². The van der Waals surface area contributed by atoms with E-state index in [4.69, 9.17) is 11.0 Å². The van der Waals surface area contributed by atoms with E-state index < -0.39 is 5.82 Å². The van der Waals surface area contributed by atoms with Gasteiger partial charge in [0.25, 0.3) is 0 Å².